The van der Waals surface area contributed by atoms with Crippen molar-refractivity contribution in [3.63, 3.8) is 0 Å². The fourth-order valence-corrected chi connectivity index (χ4v) is 2.64. The third-order valence-electron chi connectivity index (χ3n) is 3.92. The number of rotatable bonds is 9. The summed E-state index contributed by atoms with van der Waals surface area (Å²) in [4.78, 5) is 12.1. The Bertz CT molecular complexity index is 760. The lowest BCUT2D eigenvalue weighted by molar-refractivity contribution is -0.133. The second-order valence-corrected chi connectivity index (χ2v) is 5.66. The fourth-order valence-electron chi connectivity index (χ4n) is 2.64. The first-order valence-electron chi connectivity index (χ1n) is 8.41. The molecular weight excluding hydrogens is 328 g/mol. The van der Waals surface area contributed by atoms with Gasteiger partial charge in [0.05, 0.1) is 20.5 Å². The molecule has 0 spiro atoms. The van der Waals surface area contributed by atoms with Gasteiger partial charge in [0.15, 0.2) is 0 Å². The minimum atomic E-state index is -0.414. The molecule has 0 N–H and O–H groups in total. The molecule has 136 valence electrons. The van der Waals surface area contributed by atoms with Gasteiger partial charge in [-0.3, -0.25) is 0 Å². The highest BCUT2D eigenvalue weighted by molar-refractivity contribution is 6.16. The van der Waals surface area contributed by atoms with Crippen LogP contribution in [0.25, 0.3) is 5.57 Å². The van der Waals surface area contributed by atoms with Crippen LogP contribution in [-0.2, 0) is 27.1 Å². The van der Waals surface area contributed by atoms with Crippen LogP contribution < -0.4 is 4.74 Å². The quantitative estimate of drug-likeness (QED) is 0.294. The first-order valence-corrected chi connectivity index (χ1v) is 8.41. The molecule has 2 aromatic rings. The topological polar surface area (TPSA) is 44.8 Å². The van der Waals surface area contributed by atoms with Crippen LogP contribution in [0.15, 0.2) is 67.4 Å². The highest BCUT2D eigenvalue weighted by Gasteiger charge is 2.16. The summed E-state index contributed by atoms with van der Waals surface area (Å²) in [5.74, 6) is 0.410. The van der Waals surface area contributed by atoms with Crippen LogP contribution in [0.4, 0.5) is 0 Å². The molecule has 0 bridgehead atoms. The maximum Gasteiger partial charge on any atom is 0.341 e. The third-order valence-corrected chi connectivity index (χ3v) is 3.92. The van der Waals surface area contributed by atoms with E-state index in [0.717, 1.165) is 29.7 Å². The standard InChI is InChI=1S/C22H24O4/c1-4-15-26-19-13-10-17(11-14-19)9-12-18-7-5-6-8-20(18)21(16-24-2)22(23)25-3/h4-8,10-11,13-14,16H,1,9,12,15H2,2-3H3/b21-16+. The largest absolute Gasteiger partial charge is 0.503 e. The van der Waals surface area contributed by atoms with Gasteiger partial charge < -0.3 is 14.2 Å². The molecule has 26 heavy (non-hydrogen) atoms. The van der Waals surface area contributed by atoms with E-state index < -0.39 is 5.97 Å². The van der Waals surface area contributed by atoms with Crippen LogP contribution in [0.3, 0.4) is 0 Å². The van der Waals surface area contributed by atoms with Gasteiger partial charge >= 0.3 is 5.97 Å². The van der Waals surface area contributed by atoms with Crippen LogP contribution in [0.1, 0.15) is 16.7 Å². The van der Waals surface area contributed by atoms with Gasteiger partial charge in [-0.1, -0.05) is 49.1 Å². The summed E-state index contributed by atoms with van der Waals surface area (Å²) >= 11 is 0. The van der Waals surface area contributed by atoms with E-state index in [1.165, 1.54) is 26.0 Å². The van der Waals surface area contributed by atoms with E-state index in [1.54, 1.807) is 6.08 Å². The molecule has 0 amide bonds. The Labute approximate surface area is 154 Å². The molecule has 0 heterocycles. The predicted molar refractivity (Wildman–Crippen MR) is 103 cm³/mol. The number of aryl methyl sites for hydroxylation is 2. The van der Waals surface area contributed by atoms with Crippen molar-refractivity contribution < 1.29 is 19.0 Å². The Morgan fingerprint density at radius 2 is 1.77 bits per heavy atom. The van der Waals surface area contributed by atoms with Crippen molar-refractivity contribution >= 4 is 11.5 Å². The second-order valence-electron chi connectivity index (χ2n) is 5.66. The molecule has 2 rings (SSSR count). The van der Waals surface area contributed by atoms with Gasteiger partial charge in [0.2, 0.25) is 0 Å². The van der Waals surface area contributed by atoms with Crippen molar-refractivity contribution in [1.29, 1.82) is 0 Å². The summed E-state index contributed by atoms with van der Waals surface area (Å²) in [6, 6.07) is 15.8. The molecule has 0 atom stereocenters. The summed E-state index contributed by atoms with van der Waals surface area (Å²) in [6.45, 7) is 4.13. The molecule has 4 heteroatoms. The Morgan fingerprint density at radius 3 is 2.42 bits per heavy atom. The van der Waals surface area contributed by atoms with Gasteiger partial charge in [0.1, 0.15) is 17.9 Å². The zero-order valence-electron chi connectivity index (χ0n) is 15.2. The van der Waals surface area contributed by atoms with E-state index >= 15 is 0 Å². The number of hydrogen-bond donors (Lipinski definition) is 0. The first kappa shape index (κ1) is 19.3. The van der Waals surface area contributed by atoms with Gasteiger partial charge in [-0.05, 0) is 41.7 Å². The average Bonchev–Trinajstić information content (AvgIpc) is 2.69. The lowest BCUT2D eigenvalue weighted by Crippen LogP contribution is -2.07. The summed E-state index contributed by atoms with van der Waals surface area (Å²) < 4.78 is 15.4. The number of ether oxygens (including phenoxy) is 3. The number of carbonyl (C=O) groups excluding carboxylic acids is 1. The van der Waals surface area contributed by atoms with Crippen molar-refractivity contribution in [2.75, 3.05) is 20.8 Å². The summed E-state index contributed by atoms with van der Waals surface area (Å²) in [5, 5.41) is 0. The zero-order valence-corrected chi connectivity index (χ0v) is 15.2. The minimum absolute atomic E-state index is 0.414. The first-order chi connectivity index (χ1) is 12.7. The summed E-state index contributed by atoms with van der Waals surface area (Å²) in [6.07, 6.45) is 4.79. The molecule has 0 aliphatic rings. The summed E-state index contributed by atoms with van der Waals surface area (Å²) in [5.41, 5.74) is 3.50. The fraction of sp³-hybridized carbons (Fsp3) is 0.227. The predicted octanol–water partition coefficient (Wildman–Crippen LogP) is 4.20. The van der Waals surface area contributed by atoms with E-state index in [2.05, 4.69) is 6.58 Å². The van der Waals surface area contributed by atoms with Crippen molar-refractivity contribution in [3.05, 3.63) is 84.1 Å². The van der Waals surface area contributed by atoms with Crippen molar-refractivity contribution in [1.82, 2.24) is 0 Å². The molecule has 4 nitrogen and oxygen atoms in total. The van der Waals surface area contributed by atoms with Gasteiger partial charge in [-0.2, -0.15) is 0 Å². The second kappa shape index (κ2) is 10.1. The Morgan fingerprint density at radius 1 is 1.04 bits per heavy atom. The molecule has 0 fully saturated rings. The van der Waals surface area contributed by atoms with Crippen LogP contribution >= 0.6 is 0 Å². The van der Waals surface area contributed by atoms with E-state index in [4.69, 9.17) is 14.2 Å². The molecule has 0 aromatic heterocycles. The molecular formula is C22H24O4. The minimum Gasteiger partial charge on any atom is -0.503 e. The molecule has 0 aliphatic heterocycles. The molecule has 0 unspecified atom stereocenters. The van der Waals surface area contributed by atoms with Crippen LogP contribution in [-0.4, -0.2) is 26.8 Å². The normalized spacial score (nSPS) is 10.9. The molecule has 0 saturated heterocycles. The number of hydrogen-bond acceptors (Lipinski definition) is 4. The lowest BCUT2D eigenvalue weighted by Gasteiger charge is -2.12. The maximum atomic E-state index is 12.1. The smallest absolute Gasteiger partial charge is 0.341 e. The van der Waals surface area contributed by atoms with E-state index in [0.29, 0.717) is 12.2 Å². The van der Waals surface area contributed by atoms with Crippen molar-refractivity contribution in [2.45, 2.75) is 12.8 Å². The van der Waals surface area contributed by atoms with Gasteiger partial charge in [-0.25, -0.2) is 4.79 Å². The van der Waals surface area contributed by atoms with Gasteiger partial charge in [0, 0.05) is 0 Å². The molecule has 0 saturated carbocycles. The Kier molecular flexibility index (Phi) is 7.49. The van der Waals surface area contributed by atoms with Gasteiger partial charge in [-0.15, -0.1) is 0 Å². The van der Waals surface area contributed by atoms with Crippen molar-refractivity contribution in [2.24, 2.45) is 0 Å². The Balaban J connectivity index is 2.14. The average molecular weight is 352 g/mol. The summed E-state index contributed by atoms with van der Waals surface area (Å²) in [7, 11) is 2.88. The van der Waals surface area contributed by atoms with E-state index in [9.17, 15) is 4.79 Å². The van der Waals surface area contributed by atoms with Crippen LogP contribution in [0, 0.1) is 0 Å². The highest BCUT2D eigenvalue weighted by atomic mass is 16.5. The highest BCUT2D eigenvalue weighted by Crippen LogP contribution is 2.23. The lowest BCUT2D eigenvalue weighted by atomic mass is 9.95. The zero-order chi connectivity index (χ0) is 18.8. The monoisotopic (exact) mass is 352 g/mol. The molecule has 0 radical (unpaired) electrons. The SMILES string of the molecule is C=CCOc1ccc(CCc2ccccc2/C(=C\OC)C(=O)OC)cc1. The number of carbonyl (C=O) groups is 1. The van der Waals surface area contributed by atoms with Crippen LogP contribution in [0.2, 0.25) is 0 Å². The maximum absolute atomic E-state index is 12.1. The van der Waals surface area contributed by atoms with E-state index in [1.807, 2.05) is 48.5 Å². The van der Waals surface area contributed by atoms with Crippen LogP contribution in [0.5, 0.6) is 5.75 Å². The number of esters is 1. The molecule has 2 aromatic carbocycles. The number of methoxy groups -OCH3 is 2. The Hall–Kier alpha value is -3.01. The third kappa shape index (κ3) is 5.24. The molecule has 0 aliphatic carbocycles. The van der Waals surface area contributed by atoms with Gasteiger partial charge in [0.25, 0.3) is 0 Å². The van der Waals surface area contributed by atoms with Crippen molar-refractivity contribution in [3.8, 4) is 5.75 Å². The number of benzene rings is 2. The van der Waals surface area contributed by atoms with E-state index in [-0.39, 0.29) is 0 Å².